The lowest BCUT2D eigenvalue weighted by atomic mass is 10.4. The summed E-state index contributed by atoms with van der Waals surface area (Å²) in [4.78, 5) is 28.6. The molecule has 110 valence electrons. The lowest BCUT2D eigenvalue weighted by molar-refractivity contribution is 0.199. The normalized spacial score (nSPS) is 11.4. The molecule has 0 unspecified atom stereocenters. The number of ether oxygens (including phenoxy) is 1. The summed E-state index contributed by atoms with van der Waals surface area (Å²) in [6, 6.07) is 0. The van der Waals surface area contributed by atoms with E-state index in [1.807, 2.05) is 0 Å². The Morgan fingerprint density at radius 3 is 2.55 bits per heavy atom. The van der Waals surface area contributed by atoms with E-state index in [1.165, 1.54) is 11.6 Å². The zero-order valence-corrected chi connectivity index (χ0v) is 11.9. The zero-order chi connectivity index (χ0) is 14.9. The van der Waals surface area contributed by atoms with Gasteiger partial charge in [-0.2, -0.15) is 0 Å². The Hall–Kier alpha value is -1.93. The molecule has 0 amide bonds. The molecule has 2 rings (SSSR count). The summed E-state index contributed by atoms with van der Waals surface area (Å²) >= 11 is 0. The first-order valence-electron chi connectivity index (χ1n) is 6.37. The van der Waals surface area contributed by atoms with Crippen LogP contribution in [0.2, 0.25) is 0 Å². The summed E-state index contributed by atoms with van der Waals surface area (Å²) in [6.45, 7) is 1.35. The van der Waals surface area contributed by atoms with Crippen LogP contribution >= 0.6 is 0 Å². The number of imidazole rings is 1. The van der Waals surface area contributed by atoms with Gasteiger partial charge in [0.15, 0.2) is 11.2 Å². The van der Waals surface area contributed by atoms with E-state index in [4.69, 9.17) is 10.5 Å². The summed E-state index contributed by atoms with van der Waals surface area (Å²) in [5.41, 5.74) is 5.66. The molecule has 0 fully saturated rings. The van der Waals surface area contributed by atoms with Crippen molar-refractivity contribution in [1.29, 1.82) is 0 Å². The number of nitrogens with zero attached hydrogens (tertiary/aromatic N) is 4. The largest absolute Gasteiger partial charge is 0.384 e. The summed E-state index contributed by atoms with van der Waals surface area (Å²) in [7, 11) is 4.66. The topological polar surface area (TPSA) is 97.1 Å². The van der Waals surface area contributed by atoms with Crippen molar-refractivity contribution in [3.63, 3.8) is 0 Å². The van der Waals surface area contributed by atoms with Gasteiger partial charge in [0.1, 0.15) is 5.82 Å². The number of methoxy groups -OCH3 is 1. The number of aryl methyl sites for hydroxylation is 1. The average Bonchev–Trinajstić information content (AvgIpc) is 2.80. The van der Waals surface area contributed by atoms with Crippen molar-refractivity contribution in [2.75, 3.05) is 20.3 Å². The minimum absolute atomic E-state index is 0.354. The van der Waals surface area contributed by atoms with Crippen LogP contribution in [0.15, 0.2) is 9.59 Å². The van der Waals surface area contributed by atoms with Gasteiger partial charge in [0.2, 0.25) is 0 Å². The fourth-order valence-electron chi connectivity index (χ4n) is 2.25. The molecule has 8 heteroatoms. The highest BCUT2D eigenvalue weighted by Crippen LogP contribution is 2.11. The van der Waals surface area contributed by atoms with Crippen molar-refractivity contribution in [3.05, 3.63) is 26.7 Å². The molecule has 0 aliphatic heterocycles. The monoisotopic (exact) mass is 281 g/mol. The van der Waals surface area contributed by atoms with E-state index in [1.54, 1.807) is 18.7 Å². The number of aromatic nitrogens is 4. The molecule has 2 aromatic heterocycles. The number of rotatable bonds is 5. The Morgan fingerprint density at radius 2 is 1.95 bits per heavy atom. The third-order valence-electron chi connectivity index (χ3n) is 3.31. The lowest BCUT2D eigenvalue weighted by Gasteiger charge is -2.07. The zero-order valence-electron chi connectivity index (χ0n) is 11.9. The molecule has 0 bridgehead atoms. The number of hydrogen-bond donors (Lipinski definition) is 1. The molecule has 0 aliphatic rings. The van der Waals surface area contributed by atoms with Crippen LogP contribution in [0.4, 0.5) is 0 Å². The van der Waals surface area contributed by atoms with Crippen molar-refractivity contribution in [3.8, 4) is 0 Å². The van der Waals surface area contributed by atoms with Gasteiger partial charge in [-0.3, -0.25) is 13.9 Å². The van der Waals surface area contributed by atoms with Crippen LogP contribution in [0.1, 0.15) is 5.82 Å². The molecular weight excluding hydrogens is 262 g/mol. The van der Waals surface area contributed by atoms with Crippen molar-refractivity contribution in [2.24, 2.45) is 19.8 Å². The third-order valence-corrected chi connectivity index (χ3v) is 3.31. The Labute approximate surface area is 115 Å². The predicted octanol–water partition coefficient (Wildman–Crippen LogP) is -1.42. The number of fused-ring (bicyclic) bond motifs is 1. The Morgan fingerprint density at radius 1 is 1.25 bits per heavy atom. The van der Waals surface area contributed by atoms with Crippen LogP contribution in [-0.2, 0) is 31.8 Å². The van der Waals surface area contributed by atoms with Gasteiger partial charge in [0.05, 0.1) is 6.61 Å². The minimum Gasteiger partial charge on any atom is -0.384 e. The van der Waals surface area contributed by atoms with Crippen LogP contribution < -0.4 is 17.0 Å². The Balaban J connectivity index is 2.80. The first kappa shape index (κ1) is 14.5. The van der Waals surface area contributed by atoms with Crippen molar-refractivity contribution >= 4 is 11.2 Å². The summed E-state index contributed by atoms with van der Waals surface area (Å²) < 4.78 is 9.28. The van der Waals surface area contributed by atoms with Gasteiger partial charge < -0.3 is 15.0 Å². The summed E-state index contributed by atoms with van der Waals surface area (Å²) in [6.07, 6.45) is 0.558. The van der Waals surface area contributed by atoms with Crippen molar-refractivity contribution < 1.29 is 4.74 Å². The average molecular weight is 281 g/mol. The minimum atomic E-state index is -0.391. The van der Waals surface area contributed by atoms with E-state index in [9.17, 15) is 9.59 Å². The van der Waals surface area contributed by atoms with Crippen LogP contribution in [0.3, 0.4) is 0 Å². The summed E-state index contributed by atoms with van der Waals surface area (Å²) in [5, 5.41) is 0. The first-order chi connectivity index (χ1) is 9.52. The van der Waals surface area contributed by atoms with E-state index in [-0.39, 0.29) is 5.56 Å². The highest BCUT2D eigenvalue weighted by atomic mass is 16.5. The maximum Gasteiger partial charge on any atom is 0.332 e. The van der Waals surface area contributed by atoms with Crippen LogP contribution in [0.5, 0.6) is 0 Å². The van der Waals surface area contributed by atoms with Crippen molar-refractivity contribution in [1.82, 2.24) is 18.7 Å². The van der Waals surface area contributed by atoms with Crippen molar-refractivity contribution in [2.45, 2.75) is 13.0 Å². The van der Waals surface area contributed by atoms with E-state index in [0.717, 1.165) is 4.57 Å². The molecule has 0 atom stereocenters. The molecule has 2 N–H and O–H groups in total. The standard InChI is InChI=1S/C12H19N5O3/c1-15-10-9(11(18)16(2)12(15)19)17(6-5-13)8(14-10)4-7-20-3/h4-7,13H2,1-3H3. The smallest absolute Gasteiger partial charge is 0.332 e. The van der Waals surface area contributed by atoms with Gasteiger partial charge in [-0.15, -0.1) is 0 Å². The second-order valence-electron chi connectivity index (χ2n) is 4.59. The third kappa shape index (κ3) is 2.16. The molecular formula is C12H19N5O3. The van der Waals surface area contributed by atoms with Gasteiger partial charge in [0.25, 0.3) is 5.56 Å². The lowest BCUT2D eigenvalue weighted by Crippen LogP contribution is -2.37. The number of nitrogens with two attached hydrogens (primary N) is 1. The van der Waals surface area contributed by atoms with E-state index in [0.29, 0.717) is 43.1 Å². The first-order valence-corrected chi connectivity index (χ1v) is 6.37. The van der Waals surface area contributed by atoms with E-state index in [2.05, 4.69) is 4.98 Å². The molecule has 8 nitrogen and oxygen atoms in total. The maximum absolute atomic E-state index is 12.3. The van der Waals surface area contributed by atoms with Gasteiger partial charge in [-0.25, -0.2) is 9.78 Å². The second-order valence-corrected chi connectivity index (χ2v) is 4.59. The molecule has 0 aliphatic carbocycles. The molecule has 0 radical (unpaired) electrons. The van der Waals surface area contributed by atoms with E-state index < -0.39 is 5.69 Å². The number of hydrogen-bond acceptors (Lipinski definition) is 5. The maximum atomic E-state index is 12.3. The molecule has 0 saturated carbocycles. The molecule has 20 heavy (non-hydrogen) atoms. The van der Waals surface area contributed by atoms with Gasteiger partial charge in [-0.05, 0) is 0 Å². The second kappa shape index (κ2) is 5.59. The molecule has 0 aromatic carbocycles. The molecule has 0 saturated heterocycles. The summed E-state index contributed by atoms with van der Waals surface area (Å²) in [5.74, 6) is 0.700. The molecule has 0 spiro atoms. The van der Waals surface area contributed by atoms with Gasteiger partial charge >= 0.3 is 5.69 Å². The fourth-order valence-corrected chi connectivity index (χ4v) is 2.25. The highest BCUT2D eigenvalue weighted by Gasteiger charge is 2.18. The van der Waals surface area contributed by atoms with Crippen LogP contribution in [-0.4, -0.2) is 38.9 Å². The van der Waals surface area contributed by atoms with Gasteiger partial charge in [-0.1, -0.05) is 0 Å². The fraction of sp³-hybridized carbons (Fsp3) is 0.583. The highest BCUT2D eigenvalue weighted by molar-refractivity contribution is 5.71. The molecule has 2 heterocycles. The quantitative estimate of drug-likeness (QED) is 0.725. The Kier molecular flexibility index (Phi) is 4.05. The van der Waals surface area contributed by atoms with Gasteiger partial charge in [0, 0.05) is 40.7 Å². The van der Waals surface area contributed by atoms with Crippen LogP contribution in [0, 0.1) is 0 Å². The Bertz CT molecular complexity index is 740. The SMILES string of the molecule is COCCc1nc2c(c(=O)n(C)c(=O)n2C)n1CCN. The molecule has 2 aromatic rings. The van der Waals surface area contributed by atoms with E-state index >= 15 is 0 Å². The predicted molar refractivity (Wildman–Crippen MR) is 74.8 cm³/mol. The van der Waals surface area contributed by atoms with Crippen LogP contribution in [0.25, 0.3) is 11.2 Å².